The normalized spacial score (nSPS) is 15.7. The molecule has 0 aliphatic carbocycles. The fourth-order valence-electron chi connectivity index (χ4n) is 3.57. The Balaban J connectivity index is 1.60. The molecule has 1 aliphatic heterocycles. The van der Waals surface area contributed by atoms with Crippen LogP contribution in [0.3, 0.4) is 0 Å². The third-order valence-corrected chi connectivity index (χ3v) is 5.51. The first-order valence-corrected chi connectivity index (χ1v) is 10.3. The van der Waals surface area contributed by atoms with Crippen molar-refractivity contribution >= 4 is 35.0 Å². The van der Waals surface area contributed by atoms with Gasteiger partial charge in [0.2, 0.25) is 0 Å². The number of aromatic amines is 1. The van der Waals surface area contributed by atoms with E-state index in [4.69, 9.17) is 21.7 Å². The number of carbonyl (C=O) groups excluding carboxylic acids is 2. The second-order valence-electron chi connectivity index (χ2n) is 7.21. The first kappa shape index (κ1) is 21.0. The van der Waals surface area contributed by atoms with Crippen molar-refractivity contribution in [3.05, 3.63) is 68.7 Å². The Morgan fingerprint density at radius 3 is 2.65 bits per heavy atom. The third-order valence-electron chi connectivity index (χ3n) is 5.22. The summed E-state index contributed by atoms with van der Waals surface area (Å²) < 4.78 is 11.8. The molecule has 160 valence electrons. The molecule has 1 aromatic heterocycles. The number of benzene rings is 2. The van der Waals surface area contributed by atoms with Crippen LogP contribution in [-0.2, 0) is 9.47 Å². The number of rotatable bonds is 5. The second-order valence-corrected chi connectivity index (χ2v) is 7.60. The first-order chi connectivity index (χ1) is 15.0. The van der Waals surface area contributed by atoms with E-state index < -0.39 is 5.97 Å². The lowest BCUT2D eigenvalue weighted by atomic mass is 10.1. The molecule has 2 N–H and O–H groups in total. The predicted molar refractivity (Wildman–Crippen MR) is 117 cm³/mol. The Hall–Kier alpha value is -3.30. The Kier molecular flexibility index (Phi) is 5.97. The van der Waals surface area contributed by atoms with Crippen molar-refractivity contribution in [1.29, 1.82) is 0 Å². The highest BCUT2D eigenvalue weighted by molar-refractivity contribution is 7.71. The Bertz CT molecular complexity index is 1260. The Labute approximate surface area is 182 Å². The predicted octanol–water partition coefficient (Wildman–Crippen LogP) is 2.74. The van der Waals surface area contributed by atoms with Gasteiger partial charge in [-0.1, -0.05) is 0 Å². The minimum atomic E-state index is -0.501. The number of fused-ring (bicyclic) bond motifs is 1. The van der Waals surface area contributed by atoms with Gasteiger partial charge >= 0.3 is 5.97 Å². The van der Waals surface area contributed by atoms with Crippen LogP contribution in [0.4, 0.5) is 0 Å². The summed E-state index contributed by atoms with van der Waals surface area (Å²) in [6.07, 6.45) is 2.03. The topological polar surface area (TPSA) is 102 Å². The van der Waals surface area contributed by atoms with E-state index in [0.717, 1.165) is 19.4 Å². The van der Waals surface area contributed by atoms with Crippen molar-refractivity contribution in [3.8, 4) is 5.69 Å². The van der Waals surface area contributed by atoms with E-state index in [9.17, 15) is 14.4 Å². The molecule has 2 heterocycles. The van der Waals surface area contributed by atoms with E-state index in [0.29, 0.717) is 34.3 Å². The van der Waals surface area contributed by atoms with Gasteiger partial charge in [-0.05, 0) is 67.5 Å². The number of methoxy groups -OCH3 is 1. The number of amides is 1. The highest BCUT2D eigenvalue weighted by Gasteiger charge is 2.17. The summed E-state index contributed by atoms with van der Waals surface area (Å²) in [4.78, 5) is 40.1. The molecule has 3 aromatic rings. The van der Waals surface area contributed by atoms with Crippen LogP contribution in [0.25, 0.3) is 16.6 Å². The van der Waals surface area contributed by atoms with Crippen LogP contribution in [-0.4, -0.2) is 47.8 Å². The highest BCUT2D eigenvalue weighted by Crippen LogP contribution is 2.15. The Morgan fingerprint density at radius 1 is 1.23 bits per heavy atom. The van der Waals surface area contributed by atoms with E-state index in [1.54, 1.807) is 30.3 Å². The number of esters is 1. The molecule has 1 fully saturated rings. The molecule has 0 unspecified atom stereocenters. The zero-order chi connectivity index (χ0) is 22.0. The van der Waals surface area contributed by atoms with E-state index in [-0.39, 0.29) is 22.3 Å². The zero-order valence-corrected chi connectivity index (χ0v) is 17.7. The van der Waals surface area contributed by atoms with Crippen molar-refractivity contribution in [2.75, 3.05) is 20.3 Å². The van der Waals surface area contributed by atoms with Crippen LogP contribution >= 0.6 is 12.2 Å². The summed E-state index contributed by atoms with van der Waals surface area (Å²) in [7, 11) is 1.29. The number of nitrogens with zero attached hydrogens (tertiary/aromatic N) is 1. The van der Waals surface area contributed by atoms with Crippen LogP contribution in [0.5, 0.6) is 0 Å². The van der Waals surface area contributed by atoms with Crippen molar-refractivity contribution in [2.45, 2.75) is 18.9 Å². The van der Waals surface area contributed by atoms with Gasteiger partial charge in [-0.15, -0.1) is 0 Å². The number of carbonyl (C=O) groups is 2. The molecule has 0 radical (unpaired) electrons. The van der Waals surface area contributed by atoms with Crippen molar-refractivity contribution in [1.82, 2.24) is 14.9 Å². The number of hydrogen-bond donors (Lipinski definition) is 2. The molecule has 31 heavy (non-hydrogen) atoms. The maximum atomic E-state index is 13.0. The molecule has 9 heteroatoms. The molecule has 1 atom stereocenters. The second kappa shape index (κ2) is 8.83. The summed E-state index contributed by atoms with van der Waals surface area (Å²) in [5.41, 5.74) is 1.44. The summed E-state index contributed by atoms with van der Waals surface area (Å²) >= 11 is 5.37. The van der Waals surface area contributed by atoms with Crippen molar-refractivity contribution in [2.24, 2.45) is 0 Å². The highest BCUT2D eigenvalue weighted by atomic mass is 32.1. The summed E-state index contributed by atoms with van der Waals surface area (Å²) in [6.45, 7) is 1.21. The van der Waals surface area contributed by atoms with Gasteiger partial charge < -0.3 is 19.8 Å². The molecule has 8 nitrogen and oxygen atoms in total. The molecule has 0 bridgehead atoms. The maximum absolute atomic E-state index is 13.0. The molecular weight excluding hydrogens is 418 g/mol. The molecule has 1 saturated heterocycles. The average molecular weight is 439 g/mol. The average Bonchev–Trinajstić information content (AvgIpc) is 3.30. The van der Waals surface area contributed by atoms with E-state index in [1.165, 1.54) is 23.8 Å². The number of H-pyrrole nitrogens is 1. The van der Waals surface area contributed by atoms with E-state index >= 15 is 0 Å². The van der Waals surface area contributed by atoms with Crippen molar-refractivity contribution < 1.29 is 19.1 Å². The molecular formula is C22H21N3O5S. The quantitative estimate of drug-likeness (QED) is 0.468. The smallest absolute Gasteiger partial charge is 0.337 e. The minimum absolute atomic E-state index is 0.0670. The zero-order valence-electron chi connectivity index (χ0n) is 16.8. The van der Waals surface area contributed by atoms with Gasteiger partial charge in [0, 0.05) is 18.7 Å². The van der Waals surface area contributed by atoms with Crippen LogP contribution in [0.1, 0.15) is 33.6 Å². The maximum Gasteiger partial charge on any atom is 0.337 e. The van der Waals surface area contributed by atoms with Crippen LogP contribution < -0.4 is 10.9 Å². The van der Waals surface area contributed by atoms with Gasteiger partial charge in [0.05, 0.1) is 35.4 Å². The monoisotopic (exact) mass is 439 g/mol. The van der Waals surface area contributed by atoms with Crippen LogP contribution in [0.15, 0.2) is 47.3 Å². The SMILES string of the molecule is COC(=O)c1ccc2c(=O)n(-c3ccc(C(=O)NC[C@H]4CCCO4)cc3)c(=S)[nH]c2c1. The van der Waals surface area contributed by atoms with Gasteiger partial charge in [-0.3, -0.25) is 14.2 Å². The van der Waals surface area contributed by atoms with Gasteiger partial charge in [-0.25, -0.2) is 4.79 Å². The number of hydrogen-bond acceptors (Lipinski definition) is 6. The van der Waals surface area contributed by atoms with Gasteiger partial charge in [-0.2, -0.15) is 0 Å². The standard InChI is InChI=1S/C22H21N3O5S/c1-29-21(28)14-6-9-17-18(11-14)24-22(31)25(20(17)27)15-7-4-13(5-8-15)19(26)23-12-16-3-2-10-30-16/h4-9,11,16H,2-3,10,12H2,1H3,(H,23,26)(H,24,31)/t16-/m1/s1. The molecule has 0 spiro atoms. The number of ether oxygens (including phenoxy) is 2. The molecule has 4 rings (SSSR count). The Morgan fingerprint density at radius 2 is 1.97 bits per heavy atom. The molecule has 1 aliphatic rings. The van der Waals surface area contributed by atoms with Gasteiger partial charge in [0.15, 0.2) is 4.77 Å². The molecule has 2 aromatic carbocycles. The van der Waals surface area contributed by atoms with Crippen LogP contribution in [0.2, 0.25) is 0 Å². The third kappa shape index (κ3) is 4.28. The van der Waals surface area contributed by atoms with Gasteiger partial charge in [0.1, 0.15) is 0 Å². The first-order valence-electron chi connectivity index (χ1n) is 9.85. The minimum Gasteiger partial charge on any atom is -0.465 e. The number of nitrogens with one attached hydrogen (secondary N) is 2. The van der Waals surface area contributed by atoms with E-state index in [2.05, 4.69) is 10.3 Å². The largest absolute Gasteiger partial charge is 0.465 e. The summed E-state index contributed by atoms with van der Waals surface area (Å²) in [5, 5.41) is 3.24. The number of aromatic nitrogens is 2. The molecule has 1 amide bonds. The fourth-order valence-corrected chi connectivity index (χ4v) is 3.87. The lowest BCUT2D eigenvalue weighted by Gasteiger charge is -2.12. The van der Waals surface area contributed by atoms with E-state index in [1.807, 2.05) is 0 Å². The lowest BCUT2D eigenvalue weighted by Crippen LogP contribution is -2.31. The van der Waals surface area contributed by atoms with Gasteiger partial charge in [0.25, 0.3) is 11.5 Å². The summed E-state index contributed by atoms with van der Waals surface area (Å²) in [5.74, 6) is -0.702. The van der Waals surface area contributed by atoms with Crippen LogP contribution in [0, 0.1) is 4.77 Å². The lowest BCUT2D eigenvalue weighted by molar-refractivity contribution is 0.0600. The fraction of sp³-hybridized carbons (Fsp3) is 0.273. The summed E-state index contributed by atoms with van der Waals surface area (Å²) in [6, 6.07) is 11.2. The van der Waals surface area contributed by atoms with Crippen molar-refractivity contribution in [3.63, 3.8) is 0 Å². The molecule has 0 saturated carbocycles.